The summed E-state index contributed by atoms with van der Waals surface area (Å²) in [6.45, 7) is 2.10. The van der Waals surface area contributed by atoms with Crippen LogP contribution in [0.25, 0.3) is 0 Å². The molecule has 2 atom stereocenters. The van der Waals surface area contributed by atoms with E-state index in [9.17, 15) is 9.46 Å². The van der Waals surface area contributed by atoms with Crippen molar-refractivity contribution >= 4 is 7.60 Å². The zero-order chi connectivity index (χ0) is 12.0. The minimum atomic E-state index is -3.90. The first kappa shape index (κ1) is 13.4. The molecule has 1 aromatic rings. The van der Waals surface area contributed by atoms with Crippen LogP contribution in [0.2, 0.25) is 0 Å². The van der Waals surface area contributed by atoms with Crippen LogP contribution in [0.15, 0.2) is 30.3 Å². The van der Waals surface area contributed by atoms with Crippen molar-refractivity contribution in [3.63, 3.8) is 0 Å². The fourth-order valence-corrected chi connectivity index (χ4v) is 2.88. The predicted octanol–water partition coefficient (Wildman–Crippen LogP) is 1.88. The number of hydrogen-bond acceptors (Lipinski definition) is 4. The maximum Gasteiger partial charge on any atom is 0.156 e. The summed E-state index contributed by atoms with van der Waals surface area (Å²) < 4.78 is 16.8. The molecule has 0 saturated carbocycles. The predicted molar refractivity (Wildman–Crippen MR) is 62.1 cm³/mol. The average Bonchev–Trinajstić information content (AvgIpc) is 2.28. The summed E-state index contributed by atoms with van der Waals surface area (Å²) >= 11 is 0. The monoisotopic (exact) mass is 242 g/mol. The second-order valence-corrected chi connectivity index (χ2v) is 5.33. The van der Waals surface area contributed by atoms with Crippen LogP contribution < -0.4 is 10.2 Å². The molecule has 0 amide bonds. The van der Waals surface area contributed by atoms with Gasteiger partial charge in [-0.05, 0) is 19.0 Å². The van der Waals surface area contributed by atoms with E-state index in [4.69, 9.17) is 4.52 Å². The third-order valence-electron chi connectivity index (χ3n) is 2.18. The second kappa shape index (κ2) is 6.16. The van der Waals surface area contributed by atoms with Gasteiger partial charge >= 0.3 is 0 Å². The number of rotatable bonds is 6. The number of nitrogens with one attached hydrogen (secondary N) is 1. The first-order valence-electron chi connectivity index (χ1n) is 5.29. The molecule has 0 heterocycles. The van der Waals surface area contributed by atoms with Crippen molar-refractivity contribution in [3.05, 3.63) is 35.9 Å². The van der Waals surface area contributed by atoms with Crippen molar-refractivity contribution < 1.29 is 14.0 Å². The van der Waals surface area contributed by atoms with E-state index in [0.717, 1.165) is 0 Å². The molecular weight excluding hydrogens is 225 g/mol. The van der Waals surface area contributed by atoms with Crippen LogP contribution in [-0.2, 0) is 9.09 Å². The summed E-state index contributed by atoms with van der Waals surface area (Å²) in [5, 5.41) is 2.77. The van der Waals surface area contributed by atoms with Gasteiger partial charge in [-0.15, -0.1) is 0 Å². The lowest BCUT2D eigenvalue weighted by Gasteiger charge is -2.31. The Morgan fingerprint density at radius 2 is 2.06 bits per heavy atom. The lowest BCUT2D eigenvalue weighted by atomic mass is 10.2. The van der Waals surface area contributed by atoms with Crippen LogP contribution in [0.1, 0.15) is 24.7 Å². The van der Waals surface area contributed by atoms with Gasteiger partial charge in [0.1, 0.15) is 0 Å². The summed E-state index contributed by atoms with van der Waals surface area (Å²) in [5.41, 5.74) is 0.694. The summed E-state index contributed by atoms with van der Waals surface area (Å²) in [7, 11) is -2.29. The standard InChI is InChI=1S/C11H18NO3P/c1-3-9-15-16(13,14)11(12-2)10-7-5-4-6-8-10/h4-8,11-12H,3,9H2,1-2H3,(H,13,14)/p-1. The minimum Gasteiger partial charge on any atom is -0.777 e. The molecule has 0 aliphatic rings. The first-order valence-corrected chi connectivity index (χ1v) is 6.90. The summed E-state index contributed by atoms with van der Waals surface area (Å²) in [6, 6.07) is 8.99. The van der Waals surface area contributed by atoms with Gasteiger partial charge in [-0.3, -0.25) is 0 Å². The van der Waals surface area contributed by atoms with Gasteiger partial charge in [-0.1, -0.05) is 37.3 Å². The van der Waals surface area contributed by atoms with E-state index in [-0.39, 0.29) is 6.61 Å². The molecule has 4 nitrogen and oxygen atoms in total. The summed E-state index contributed by atoms with van der Waals surface area (Å²) in [6.07, 6.45) is 0.678. The molecule has 2 unspecified atom stereocenters. The smallest absolute Gasteiger partial charge is 0.156 e. The summed E-state index contributed by atoms with van der Waals surface area (Å²) in [4.78, 5) is 11.9. The largest absolute Gasteiger partial charge is 0.777 e. The van der Waals surface area contributed by atoms with Crippen LogP contribution in [0.4, 0.5) is 0 Å². The molecule has 0 aliphatic heterocycles. The Balaban J connectivity index is 2.86. The highest BCUT2D eigenvalue weighted by atomic mass is 31.2. The van der Waals surface area contributed by atoms with Gasteiger partial charge in [-0.2, -0.15) is 0 Å². The van der Waals surface area contributed by atoms with E-state index < -0.39 is 13.4 Å². The highest BCUT2D eigenvalue weighted by molar-refractivity contribution is 7.51. The Labute approximate surface area is 96.2 Å². The fourth-order valence-electron chi connectivity index (χ4n) is 1.44. The van der Waals surface area contributed by atoms with Crippen molar-refractivity contribution in [2.24, 2.45) is 0 Å². The van der Waals surface area contributed by atoms with E-state index >= 15 is 0 Å². The molecule has 5 heteroatoms. The normalized spacial score (nSPS) is 16.7. The van der Waals surface area contributed by atoms with Gasteiger partial charge in [0, 0.05) is 0 Å². The molecule has 0 bridgehead atoms. The Morgan fingerprint density at radius 3 is 2.56 bits per heavy atom. The van der Waals surface area contributed by atoms with Crippen molar-refractivity contribution in [2.75, 3.05) is 13.7 Å². The van der Waals surface area contributed by atoms with Gasteiger partial charge in [0.25, 0.3) is 0 Å². The molecule has 16 heavy (non-hydrogen) atoms. The lowest BCUT2D eigenvalue weighted by molar-refractivity contribution is -0.202. The highest BCUT2D eigenvalue weighted by Gasteiger charge is 2.23. The van der Waals surface area contributed by atoms with Crippen LogP contribution >= 0.6 is 7.60 Å². The van der Waals surface area contributed by atoms with E-state index in [0.29, 0.717) is 12.0 Å². The van der Waals surface area contributed by atoms with Gasteiger partial charge < -0.3 is 19.3 Å². The van der Waals surface area contributed by atoms with Crippen LogP contribution in [-0.4, -0.2) is 13.7 Å². The van der Waals surface area contributed by atoms with E-state index in [1.165, 1.54) is 0 Å². The summed E-state index contributed by atoms with van der Waals surface area (Å²) in [5.74, 6) is -0.778. The maximum atomic E-state index is 11.9. The van der Waals surface area contributed by atoms with Gasteiger partial charge in [0.2, 0.25) is 0 Å². The lowest BCUT2D eigenvalue weighted by Crippen LogP contribution is -2.23. The quantitative estimate of drug-likeness (QED) is 0.774. The Kier molecular flexibility index (Phi) is 5.16. The van der Waals surface area contributed by atoms with Crippen LogP contribution in [0.5, 0.6) is 0 Å². The third kappa shape index (κ3) is 3.42. The second-order valence-electron chi connectivity index (χ2n) is 3.47. The zero-order valence-electron chi connectivity index (χ0n) is 9.55. The molecule has 0 spiro atoms. The van der Waals surface area contributed by atoms with E-state index in [2.05, 4.69) is 5.32 Å². The molecule has 0 fully saturated rings. The molecule has 0 saturated heterocycles. The molecule has 1 N–H and O–H groups in total. The molecule has 0 aliphatic carbocycles. The third-order valence-corrected chi connectivity index (χ3v) is 3.91. The van der Waals surface area contributed by atoms with Crippen LogP contribution in [0.3, 0.4) is 0 Å². The highest BCUT2D eigenvalue weighted by Crippen LogP contribution is 2.50. The molecule has 90 valence electrons. The van der Waals surface area contributed by atoms with Gasteiger partial charge in [0.15, 0.2) is 7.60 Å². The molecule has 1 rings (SSSR count). The van der Waals surface area contributed by atoms with Crippen molar-refractivity contribution in [3.8, 4) is 0 Å². The minimum absolute atomic E-state index is 0.228. The Bertz CT molecular complexity index is 356. The molecule has 1 aromatic carbocycles. The Hall–Kier alpha value is -0.670. The van der Waals surface area contributed by atoms with E-state index in [1.807, 2.05) is 13.0 Å². The molecular formula is C11H17NO3P-. The maximum absolute atomic E-state index is 11.9. The zero-order valence-corrected chi connectivity index (χ0v) is 10.4. The Morgan fingerprint density at radius 1 is 1.44 bits per heavy atom. The number of hydrogen-bond donors (Lipinski definition) is 1. The van der Waals surface area contributed by atoms with Crippen molar-refractivity contribution in [1.29, 1.82) is 0 Å². The molecule has 0 aromatic heterocycles. The topological polar surface area (TPSA) is 61.4 Å². The SMILES string of the molecule is CCCOP(=O)([O-])C(NC)c1ccccc1. The van der Waals surface area contributed by atoms with Crippen LogP contribution in [0, 0.1) is 0 Å². The first-order chi connectivity index (χ1) is 7.61. The number of benzene rings is 1. The fraction of sp³-hybridized carbons (Fsp3) is 0.455. The molecule has 0 radical (unpaired) electrons. The van der Waals surface area contributed by atoms with Crippen molar-refractivity contribution in [2.45, 2.75) is 19.1 Å². The van der Waals surface area contributed by atoms with Gasteiger partial charge in [0.05, 0.1) is 12.4 Å². The van der Waals surface area contributed by atoms with Gasteiger partial charge in [-0.25, -0.2) is 0 Å². The van der Waals surface area contributed by atoms with E-state index in [1.54, 1.807) is 31.3 Å². The average molecular weight is 242 g/mol. The van der Waals surface area contributed by atoms with Crippen molar-refractivity contribution in [1.82, 2.24) is 5.32 Å².